The van der Waals surface area contributed by atoms with E-state index in [1.54, 1.807) is 0 Å². The van der Waals surface area contributed by atoms with Crippen LogP contribution in [0.2, 0.25) is 0 Å². The van der Waals surface area contributed by atoms with Gasteiger partial charge in [0.15, 0.2) is 0 Å². The summed E-state index contributed by atoms with van der Waals surface area (Å²) in [7, 11) is 0. The molecule has 1 aromatic carbocycles. The van der Waals surface area contributed by atoms with Crippen molar-refractivity contribution in [2.75, 3.05) is 13.1 Å². The Kier molecular flexibility index (Phi) is 5.12. The van der Waals surface area contributed by atoms with E-state index in [2.05, 4.69) is 51.2 Å². The molecule has 1 aliphatic heterocycles. The summed E-state index contributed by atoms with van der Waals surface area (Å²) in [6.45, 7) is 10.2. The van der Waals surface area contributed by atoms with Gasteiger partial charge in [-0.25, -0.2) is 4.79 Å². The predicted molar refractivity (Wildman–Crippen MR) is 88.7 cm³/mol. The van der Waals surface area contributed by atoms with Crippen molar-refractivity contribution in [3.63, 3.8) is 0 Å². The Balaban J connectivity index is 1.98. The van der Waals surface area contributed by atoms with Crippen molar-refractivity contribution >= 4 is 6.03 Å². The molecule has 4 nitrogen and oxygen atoms in total. The lowest BCUT2D eigenvalue weighted by Gasteiger charge is -2.29. The highest BCUT2D eigenvalue weighted by atomic mass is 16.3. The summed E-state index contributed by atoms with van der Waals surface area (Å²) in [6.07, 6.45) is 1.08. The van der Waals surface area contributed by atoms with Gasteiger partial charge in [0.05, 0.1) is 6.10 Å². The lowest BCUT2D eigenvalue weighted by atomic mass is 9.87. The standard InChI is InChI=1S/C18H28N2O2/c1-13-5-6-14(2)15(9-13)11-19-17(22)20-8-7-16(21)10-18(3,4)12-20/h5-6,9,16,21H,7-8,10-12H2,1-4H3,(H,19,22). The lowest BCUT2D eigenvalue weighted by Crippen LogP contribution is -2.43. The minimum atomic E-state index is -0.313. The number of hydrogen-bond acceptors (Lipinski definition) is 2. The first-order chi connectivity index (χ1) is 10.3. The van der Waals surface area contributed by atoms with E-state index in [1.807, 2.05) is 4.90 Å². The number of rotatable bonds is 2. The fourth-order valence-corrected chi connectivity index (χ4v) is 3.15. The first-order valence-electron chi connectivity index (χ1n) is 8.04. The molecule has 1 aromatic rings. The van der Waals surface area contributed by atoms with Crippen molar-refractivity contribution in [1.82, 2.24) is 10.2 Å². The highest BCUT2D eigenvalue weighted by molar-refractivity contribution is 5.74. The van der Waals surface area contributed by atoms with Crippen LogP contribution in [0, 0.1) is 19.3 Å². The van der Waals surface area contributed by atoms with Gasteiger partial charge in [0.1, 0.15) is 0 Å². The zero-order valence-corrected chi connectivity index (χ0v) is 14.1. The summed E-state index contributed by atoms with van der Waals surface area (Å²) < 4.78 is 0. The van der Waals surface area contributed by atoms with Crippen molar-refractivity contribution in [1.29, 1.82) is 0 Å². The van der Waals surface area contributed by atoms with Gasteiger partial charge in [-0.05, 0) is 43.2 Å². The molecular weight excluding hydrogens is 276 g/mol. The number of carbonyl (C=O) groups excluding carboxylic acids is 1. The van der Waals surface area contributed by atoms with E-state index in [9.17, 15) is 9.90 Å². The SMILES string of the molecule is Cc1ccc(C)c(CNC(=O)N2CCC(O)CC(C)(C)C2)c1. The van der Waals surface area contributed by atoms with Crippen LogP contribution < -0.4 is 5.32 Å². The quantitative estimate of drug-likeness (QED) is 0.882. The summed E-state index contributed by atoms with van der Waals surface area (Å²) in [4.78, 5) is 14.3. The molecule has 1 saturated heterocycles. The Morgan fingerprint density at radius 1 is 1.41 bits per heavy atom. The second-order valence-electron chi connectivity index (χ2n) is 7.32. The van der Waals surface area contributed by atoms with E-state index in [-0.39, 0.29) is 17.6 Å². The second-order valence-corrected chi connectivity index (χ2v) is 7.32. The van der Waals surface area contributed by atoms with Crippen LogP contribution in [0.4, 0.5) is 4.79 Å². The van der Waals surface area contributed by atoms with Crippen molar-refractivity contribution in [3.8, 4) is 0 Å². The molecular formula is C18H28N2O2. The van der Waals surface area contributed by atoms with Crippen LogP contribution >= 0.6 is 0 Å². The molecule has 0 spiro atoms. The molecule has 2 amide bonds. The number of aryl methyl sites for hydroxylation is 2. The largest absolute Gasteiger partial charge is 0.393 e. The monoisotopic (exact) mass is 304 g/mol. The van der Waals surface area contributed by atoms with Gasteiger partial charge in [-0.1, -0.05) is 37.6 Å². The normalized spacial score (nSPS) is 21.3. The number of urea groups is 1. The van der Waals surface area contributed by atoms with Crippen LogP contribution in [0.25, 0.3) is 0 Å². The third-order valence-corrected chi connectivity index (χ3v) is 4.36. The number of benzene rings is 1. The number of nitrogens with one attached hydrogen (secondary N) is 1. The van der Waals surface area contributed by atoms with E-state index in [0.29, 0.717) is 26.1 Å². The van der Waals surface area contributed by atoms with Crippen molar-refractivity contribution < 1.29 is 9.90 Å². The maximum Gasteiger partial charge on any atom is 0.317 e. The van der Waals surface area contributed by atoms with Crippen LogP contribution in [0.5, 0.6) is 0 Å². The number of aliphatic hydroxyl groups excluding tert-OH is 1. The van der Waals surface area contributed by atoms with E-state index < -0.39 is 0 Å². The maximum absolute atomic E-state index is 12.4. The summed E-state index contributed by atoms with van der Waals surface area (Å²) in [5, 5.41) is 13.0. The lowest BCUT2D eigenvalue weighted by molar-refractivity contribution is 0.121. The Morgan fingerprint density at radius 2 is 2.14 bits per heavy atom. The molecule has 1 atom stereocenters. The number of nitrogens with zero attached hydrogens (tertiary/aromatic N) is 1. The van der Waals surface area contributed by atoms with E-state index >= 15 is 0 Å². The second kappa shape index (κ2) is 6.69. The van der Waals surface area contributed by atoms with Crippen molar-refractivity contribution in [3.05, 3.63) is 34.9 Å². The molecule has 0 saturated carbocycles. The minimum absolute atomic E-state index is 0.0388. The fourth-order valence-electron chi connectivity index (χ4n) is 3.15. The van der Waals surface area contributed by atoms with Crippen molar-refractivity contribution in [2.45, 2.75) is 53.2 Å². The van der Waals surface area contributed by atoms with Gasteiger partial charge in [0.2, 0.25) is 0 Å². The highest BCUT2D eigenvalue weighted by Gasteiger charge is 2.31. The van der Waals surface area contributed by atoms with Gasteiger partial charge < -0.3 is 15.3 Å². The van der Waals surface area contributed by atoms with E-state index in [1.165, 1.54) is 11.1 Å². The number of likely N-dealkylation sites (tertiary alicyclic amines) is 1. The molecule has 2 rings (SSSR count). The van der Waals surface area contributed by atoms with Gasteiger partial charge >= 0.3 is 6.03 Å². The maximum atomic E-state index is 12.4. The molecule has 1 fully saturated rings. The number of hydrogen-bond donors (Lipinski definition) is 2. The predicted octanol–water partition coefficient (Wildman–Crippen LogP) is 3.00. The molecule has 1 heterocycles. The fraction of sp³-hybridized carbons (Fsp3) is 0.611. The molecule has 0 aromatic heterocycles. The van der Waals surface area contributed by atoms with Gasteiger partial charge in [0, 0.05) is 19.6 Å². The van der Waals surface area contributed by atoms with Crippen LogP contribution in [-0.2, 0) is 6.54 Å². The Bertz CT molecular complexity index is 540. The number of aliphatic hydroxyl groups is 1. The molecule has 1 aliphatic rings. The molecule has 4 heteroatoms. The van der Waals surface area contributed by atoms with Crippen LogP contribution in [0.3, 0.4) is 0 Å². The van der Waals surface area contributed by atoms with Crippen LogP contribution in [0.15, 0.2) is 18.2 Å². The minimum Gasteiger partial charge on any atom is -0.393 e. The topological polar surface area (TPSA) is 52.6 Å². The summed E-state index contributed by atoms with van der Waals surface area (Å²) in [6, 6.07) is 6.25. The first-order valence-corrected chi connectivity index (χ1v) is 8.04. The highest BCUT2D eigenvalue weighted by Crippen LogP contribution is 2.28. The smallest absolute Gasteiger partial charge is 0.317 e. The average molecular weight is 304 g/mol. The summed E-state index contributed by atoms with van der Waals surface area (Å²) in [5.41, 5.74) is 3.50. The van der Waals surface area contributed by atoms with Gasteiger partial charge in [0.25, 0.3) is 0 Å². The van der Waals surface area contributed by atoms with Gasteiger partial charge in [-0.3, -0.25) is 0 Å². The Morgan fingerprint density at radius 3 is 2.86 bits per heavy atom. The molecule has 122 valence electrons. The average Bonchev–Trinajstić information content (AvgIpc) is 2.56. The summed E-state index contributed by atoms with van der Waals surface area (Å²) in [5.74, 6) is 0. The van der Waals surface area contributed by atoms with Crippen molar-refractivity contribution in [2.24, 2.45) is 5.41 Å². The molecule has 1 unspecified atom stereocenters. The summed E-state index contributed by atoms with van der Waals surface area (Å²) >= 11 is 0. The van der Waals surface area contributed by atoms with Gasteiger partial charge in [-0.15, -0.1) is 0 Å². The van der Waals surface area contributed by atoms with Crippen LogP contribution in [-0.4, -0.2) is 35.2 Å². The zero-order valence-electron chi connectivity index (χ0n) is 14.1. The third kappa shape index (κ3) is 4.47. The number of carbonyl (C=O) groups is 1. The molecule has 0 radical (unpaired) electrons. The Labute approximate surface area is 133 Å². The van der Waals surface area contributed by atoms with Gasteiger partial charge in [-0.2, -0.15) is 0 Å². The molecule has 0 bridgehead atoms. The first kappa shape index (κ1) is 16.8. The van der Waals surface area contributed by atoms with E-state index in [0.717, 1.165) is 12.0 Å². The molecule has 2 N–H and O–H groups in total. The number of amides is 2. The Hall–Kier alpha value is -1.55. The zero-order chi connectivity index (χ0) is 16.3. The molecule has 0 aliphatic carbocycles. The van der Waals surface area contributed by atoms with Crippen LogP contribution in [0.1, 0.15) is 43.4 Å². The molecule has 22 heavy (non-hydrogen) atoms. The third-order valence-electron chi connectivity index (χ3n) is 4.36. The van der Waals surface area contributed by atoms with E-state index in [4.69, 9.17) is 0 Å².